The Kier molecular flexibility index (Phi) is 1.93. The summed E-state index contributed by atoms with van der Waals surface area (Å²) < 4.78 is 0. The molecule has 1 aromatic rings. The van der Waals surface area contributed by atoms with Gasteiger partial charge in [-0.3, -0.25) is 0 Å². The first-order valence-corrected chi connectivity index (χ1v) is 3.57. The predicted octanol–water partition coefficient (Wildman–Crippen LogP) is 0.343. The monoisotopic (exact) mass is 138 g/mol. The first-order valence-electron chi connectivity index (χ1n) is 2.69. The van der Waals surface area contributed by atoms with Gasteiger partial charge in [-0.05, 0) is 17.9 Å². The Balaban J connectivity index is 3.04. The maximum atomic E-state index is 8.69. The molecule has 1 heterocycles. The van der Waals surface area contributed by atoms with Crippen molar-refractivity contribution in [1.82, 2.24) is 0 Å². The van der Waals surface area contributed by atoms with E-state index in [0.29, 0.717) is 0 Å². The second-order valence-electron chi connectivity index (χ2n) is 1.90. The van der Waals surface area contributed by atoms with E-state index in [1.165, 1.54) is 11.3 Å². The highest BCUT2D eigenvalue weighted by atomic mass is 32.1. The summed E-state index contributed by atoms with van der Waals surface area (Å²) in [7, 11) is 5.52. The molecule has 3 heteroatoms. The van der Waals surface area contributed by atoms with Crippen molar-refractivity contribution < 1.29 is 5.11 Å². The maximum Gasteiger partial charge on any atom is 0.115 e. The molecule has 0 spiro atoms. The summed E-state index contributed by atoms with van der Waals surface area (Å²) in [6.07, 6.45) is 0. The third kappa shape index (κ3) is 1.17. The van der Waals surface area contributed by atoms with Gasteiger partial charge in [-0.2, -0.15) is 0 Å². The number of aliphatic hydroxyl groups excluding tert-OH is 1. The van der Waals surface area contributed by atoms with Gasteiger partial charge in [-0.15, -0.1) is 11.3 Å². The Labute approximate surface area is 59.7 Å². The zero-order chi connectivity index (χ0) is 6.85. The Bertz CT molecular complexity index is 207. The molecule has 0 aliphatic rings. The molecule has 0 aliphatic carbocycles. The van der Waals surface area contributed by atoms with Gasteiger partial charge in [0.2, 0.25) is 0 Å². The van der Waals surface area contributed by atoms with Gasteiger partial charge in [0.25, 0.3) is 0 Å². The van der Waals surface area contributed by atoms with Crippen LogP contribution in [0.25, 0.3) is 0 Å². The molecule has 1 nitrogen and oxygen atoms in total. The van der Waals surface area contributed by atoms with E-state index in [-0.39, 0.29) is 6.61 Å². The maximum absolute atomic E-state index is 8.69. The van der Waals surface area contributed by atoms with Crippen LogP contribution in [0.4, 0.5) is 0 Å². The minimum absolute atomic E-state index is 0.105. The second kappa shape index (κ2) is 2.54. The molecular weight excluding hydrogens is 131 g/mol. The lowest BCUT2D eigenvalue weighted by molar-refractivity contribution is 0.285. The van der Waals surface area contributed by atoms with E-state index in [1.807, 2.05) is 12.3 Å². The van der Waals surface area contributed by atoms with Crippen molar-refractivity contribution in [2.24, 2.45) is 0 Å². The van der Waals surface area contributed by atoms with E-state index in [0.717, 1.165) is 15.9 Å². The summed E-state index contributed by atoms with van der Waals surface area (Å²) in [6.45, 7) is 2.02. The molecular formula is C6H7BOS. The van der Waals surface area contributed by atoms with Crippen molar-refractivity contribution in [3.05, 3.63) is 15.8 Å². The highest BCUT2D eigenvalue weighted by molar-refractivity contribution is 7.11. The minimum atomic E-state index is 0.105. The van der Waals surface area contributed by atoms with E-state index in [9.17, 15) is 0 Å². The number of hydrogen-bond donors (Lipinski definition) is 1. The highest BCUT2D eigenvalue weighted by Gasteiger charge is 1.99. The summed E-state index contributed by atoms with van der Waals surface area (Å²) in [5, 5.41) is 10.5. The van der Waals surface area contributed by atoms with Crippen LogP contribution in [0.1, 0.15) is 10.4 Å². The van der Waals surface area contributed by atoms with Crippen LogP contribution >= 0.6 is 11.3 Å². The molecule has 2 radical (unpaired) electrons. The fraction of sp³-hybridized carbons (Fsp3) is 0.333. The van der Waals surface area contributed by atoms with Crippen molar-refractivity contribution >= 4 is 24.6 Å². The molecule has 1 aromatic heterocycles. The summed E-state index contributed by atoms with van der Waals surface area (Å²) >= 11 is 1.50. The molecule has 0 fully saturated rings. The second-order valence-corrected chi connectivity index (χ2v) is 2.86. The predicted molar refractivity (Wildman–Crippen MR) is 40.4 cm³/mol. The van der Waals surface area contributed by atoms with E-state index in [2.05, 4.69) is 0 Å². The van der Waals surface area contributed by atoms with Gasteiger partial charge < -0.3 is 5.11 Å². The lowest BCUT2D eigenvalue weighted by atomic mass is 9.95. The average Bonchev–Trinajstić information content (AvgIpc) is 2.15. The largest absolute Gasteiger partial charge is 0.391 e. The van der Waals surface area contributed by atoms with Crippen molar-refractivity contribution in [2.75, 3.05) is 0 Å². The molecule has 46 valence electrons. The zero-order valence-electron chi connectivity index (χ0n) is 5.22. The SMILES string of the molecule is [B]c1csc(CO)c1C. The molecule has 0 unspecified atom stereocenters. The van der Waals surface area contributed by atoms with Gasteiger partial charge in [-0.1, -0.05) is 5.46 Å². The van der Waals surface area contributed by atoms with Crippen LogP contribution < -0.4 is 5.46 Å². The highest BCUT2D eigenvalue weighted by Crippen LogP contribution is 2.11. The summed E-state index contributed by atoms with van der Waals surface area (Å²) in [6, 6.07) is 0. The van der Waals surface area contributed by atoms with Crippen LogP contribution in [-0.2, 0) is 6.61 Å². The van der Waals surface area contributed by atoms with E-state index in [1.54, 1.807) is 0 Å². The Morgan fingerprint density at radius 1 is 1.78 bits per heavy atom. The Morgan fingerprint density at radius 3 is 2.67 bits per heavy atom. The van der Waals surface area contributed by atoms with E-state index < -0.39 is 0 Å². The normalized spacial score (nSPS) is 10.0. The number of hydrogen-bond acceptors (Lipinski definition) is 2. The van der Waals surface area contributed by atoms with Crippen molar-refractivity contribution in [3.8, 4) is 0 Å². The van der Waals surface area contributed by atoms with Gasteiger partial charge in [0.15, 0.2) is 0 Å². The van der Waals surface area contributed by atoms with Crippen molar-refractivity contribution in [3.63, 3.8) is 0 Å². The van der Waals surface area contributed by atoms with E-state index >= 15 is 0 Å². The van der Waals surface area contributed by atoms with Crippen LogP contribution in [0.15, 0.2) is 5.38 Å². The fourth-order valence-corrected chi connectivity index (χ4v) is 1.44. The van der Waals surface area contributed by atoms with Gasteiger partial charge in [0.05, 0.1) is 6.61 Å². The van der Waals surface area contributed by atoms with Gasteiger partial charge in [0.1, 0.15) is 7.85 Å². The van der Waals surface area contributed by atoms with Crippen molar-refractivity contribution in [1.29, 1.82) is 0 Å². The van der Waals surface area contributed by atoms with Crippen molar-refractivity contribution in [2.45, 2.75) is 13.5 Å². The number of thiophene rings is 1. The molecule has 0 aromatic carbocycles. The third-order valence-electron chi connectivity index (χ3n) is 1.32. The molecule has 1 N–H and O–H groups in total. The number of aliphatic hydroxyl groups is 1. The van der Waals surface area contributed by atoms with Gasteiger partial charge in [0, 0.05) is 4.88 Å². The molecule has 0 atom stereocenters. The first-order chi connectivity index (χ1) is 4.25. The molecule has 0 amide bonds. The average molecular weight is 138 g/mol. The third-order valence-corrected chi connectivity index (χ3v) is 2.41. The molecule has 9 heavy (non-hydrogen) atoms. The topological polar surface area (TPSA) is 20.2 Å². The Morgan fingerprint density at radius 2 is 2.44 bits per heavy atom. The smallest absolute Gasteiger partial charge is 0.115 e. The quantitative estimate of drug-likeness (QED) is 0.555. The molecule has 0 aliphatic heterocycles. The lowest BCUT2D eigenvalue weighted by Crippen LogP contribution is -2.01. The molecule has 0 saturated heterocycles. The van der Waals surface area contributed by atoms with Gasteiger partial charge in [-0.25, -0.2) is 0 Å². The van der Waals surface area contributed by atoms with E-state index in [4.69, 9.17) is 13.0 Å². The number of rotatable bonds is 1. The van der Waals surface area contributed by atoms with Crippen LogP contribution in [0.2, 0.25) is 0 Å². The summed E-state index contributed by atoms with van der Waals surface area (Å²) in [5.74, 6) is 0. The molecule has 0 bridgehead atoms. The van der Waals surface area contributed by atoms with Crippen LogP contribution in [0.3, 0.4) is 0 Å². The van der Waals surface area contributed by atoms with Crippen LogP contribution in [-0.4, -0.2) is 13.0 Å². The Hall–Kier alpha value is -0.275. The summed E-state index contributed by atoms with van der Waals surface area (Å²) in [5.41, 5.74) is 1.80. The van der Waals surface area contributed by atoms with Crippen LogP contribution in [0, 0.1) is 6.92 Å². The molecule has 1 rings (SSSR count). The lowest BCUT2D eigenvalue weighted by Gasteiger charge is -1.91. The summed E-state index contributed by atoms with van der Waals surface area (Å²) in [4.78, 5) is 0.965. The molecule has 0 saturated carbocycles. The zero-order valence-corrected chi connectivity index (χ0v) is 6.03. The standard InChI is InChI=1S/C6H7BOS/c1-4-5(7)3-9-6(4)2-8/h3,8H,2H2,1H3. The van der Waals surface area contributed by atoms with Gasteiger partial charge >= 0.3 is 0 Å². The minimum Gasteiger partial charge on any atom is -0.391 e. The first kappa shape index (κ1) is 6.84. The van der Waals surface area contributed by atoms with Crippen LogP contribution in [0.5, 0.6) is 0 Å². The fourth-order valence-electron chi connectivity index (χ4n) is 0.628.